The van der Waals surface area contributed by atoms with E-state index in [2.05, 4.69) is 5.10 Å². The molecule has 1 aliphatic carbocycles. The van der Waals surface area contributed by atoms with Gasteiger partial charge in [0.25, 0.3) is 5.91 Å². The van der Waals surface area contributed by atoms with Crippen LogP contribution in [0.2, 0.25) is 0 Å². The van der Waals surface area contributed by atoms with Gasteiger partial charge in [0.05, 0.1) is 5.69 Å². The molecule has 1 aromatic carbocycles. The van der Waals surface area contributed by atoms with Crippen LogP contribution >= 0.6 is 0 Å². The maximum atomic E-state index is 14.4. The Morgan fingerprint density at radius 3 is 2.43 bits per heavy atom. The number of hydrogen-bond acceptors (Lipinski definition) is 2. The molecule has 0 atom stereocenters. The van der Waals surface area contributed by atoms with E-state index in [1.54, 1.807) is 11.8 Å². The molecule has 0 bridgehead atoms. The number of para-hydroxylation sites is 1. The molecule has 1 aliphatic rings. The molecule has 0 radical (unpaired) electrons. The third kappa shape index (κ3) is 3.00. The number of carbonyl (C=O) groups is 1. The second kappa shape index (κ2) is 6.52. The Morgan fingerprint density at radius 2 is 1.87 bits per heavy atom. The van der Waals surface area contributed by atoms with Crippen LogP contribution in [0.1, 0.15) is 48.2 Å². The van der Waals surface area contributed by atoms with Gasteiger partial charge in [-0.1, -0.05) is 37.5 Å². The summed E-state index contributed by atoms with van der Waals surface area (Å²) in [6.45, 7) is 1.68. The Morgan fingerprint density at radius 1 is 1.22 bits per heavy atom. The van der Waals surface area contributed by atoms with Crippen LogP contribution in [0.3, 0.4) is 0 Å². The number of halogens is 1. The summed E-state index contributed by atoms with van der Waals surface area (Å²) in [6, 6.07) is 9.68. The summed E-state index contributed by atoms with van der Waals surface area (Å²) in [6.07, 6.45) is 5.34. The molecule has 5 heteroatoms. The van der Waals surface area contributed by atoms with E-state index in [1.807, 2.05) is 30.3 Å². The molecule has 1 amide bonds. The van der Waals surface area contributed by atoms with E-state index in [-0.39, 0.29) is 17.5 Å². The van der Waals surface area contributed by atoms with Gasteiger partial charge >= 0.3 is 0 Å². The van der Waals surface area contributed by atoms with E-state index in [9.17, 15) is 9.18 Å². The summed E-state index contributed by atoms with van der Waals surface area (Å²) in [4.78, 5) is 14.9. The second-order valence-electron chi connectivity index (χ2n) is 6.18. The molecule has 1 saturated carbocycles. The quantitative estimate of drug-likeness (QED) is 0.863. The van der Waals surface area contributed by atoms with E-state index in [0.717, 1.165) is 36.1 Å². The van der Waals surface area contributed by atoms with Crippen molar-refractivity contribution in [2.75, 3.05) is 4.90 Å². The highest BCUT2D eigenvalue weighted by Gasteiger charge is 2.31. The van der Waals surface area contributed by atoms with Crippen molar-refractivity contribution >= 4 is 11.6 Å². The first-order valence-corrected chi connectivity index (χ1v) is 8.17. The van der Waals surface area contributed by atoms with Gasteiger partial charge in [-0.15, -0.1) is 0 Å². The number of carbonyl (C=O) groups excluding carboxylic acids is 1. The molecule has 3 rings (SSSR count). The average Bonchev–Trinajstić information content (AvgIpc) is 2.82. The Hall–Kier alpha value is -2.17. The van der Waals surface area contributed by atoms with Crippen molar-refractivity contribution in [1.82, 2.24) is 9.78 Å². The summed E-state index contributed by atoms with van der Waals surface area (Å²) in [7, 11) is 1.52. The minimum atomic E-state index is -0.566. The number of hydrogen-bond donors (Lipinski definition) is 0. The minimum absolute atomic E-state index is 0.0851. The molecule has 1 fully saturated rings. The molecule has 122 valence electrons. The van der Waals surface area contributed by atoms with Gasteiger partial charge in [-0.2, -0.15) is 9.49 Å². The van der Waals surface area contributed by atoms with Crippen LogP contribution in [-0.2, 0) is 7.05 Å². The molecule has 0 N–H and O–H groups in total. The van der Waals surface area contributed by atoms with E-state index in [0.29, 0.717) is 5.69 Å². The summed E-state index contributed by atoms with van der Waals surface area (Å²) in [5.41, 5.74) is 1.35. The van der Waals surface area contributed by atoms with Gasteiger partial charge in [-0.25, -0.2) is 4.68 Å². The van der Waals surface area contributed by atoms with Crippen molar-refractivity contribution < 1.29 is 9.18 Å². The Balaban J connectivity index is 2.02. The molecule has 4 nitrogen and oxygen atoms in total. The lowest BCUT2D eigenvalue weighted by atomic mass is 9.93. The molecule has 2 aromatic rings. The fraction of sp³-hybridized carbons (Fsp3) is 0.444. The zero-order chi connectivity index (χ0) is 16.4. The van der Waals surface area contributed by atoms with Gasteiger partial charge in [-0.3, -0.25) is 4.79 Å². The molecule has 1 aromatic heterocycles. The standard InChI is InChI=1S/C18H22FN3O/c1-13-16(17(19)21(2)20-13)18(23)22(14-9-5-3-6-10-14)15-11-7-4-8-12-15/h3,5-6,9-10,15H,4,7-8,11-12H2,1-2H3. The van der Waals surface area contributed by atoms with Crippen molar-refractivity contribution in [3.63, 3.8) is 0 Å². The fourth-order valence-corrected chi connectivity index (χ4v) is 3.42. The molecule has 1 heterocycles. The van der Waals surface area contributed by atoms with Gasteiger partial charge < -0.3 is 4.90 Å². The number of rotatable bonds is 3. The summed E-state index contributed by atoms with van der Waals surface area (Å²) in [5.74, 6) is -0.851. The fourth-order valence-electron chi connectivity index (χ4n) is 3.42. The highest BCUT2D eigenvalue weighted by molar-refractivity contribution is 6.07. The first-order chi connectivity index (χ1) is 11.1. The van der Waals surface area contributed by atoms with Gasteiger partial charge in [0.1, 0.15) is 5.56 Å². The highest BCUT2D eigenvalue weighted by atomic mass is 19.1. The van der Waals surface area contributed by atoms with Crippen LogP contribution in [-0.4, -0.2) is 21.7 Å². The first kappa shape index (κ1) is 15.7. The van der Waals surface area contributed by atoms with Gasteiger partial charge in [-0.05, 0) is 31.9 Å². The minimum Gasteiger partial charge on any atom is -0.305 e. The summed E-state index contributed by atoms with van der Waals surface area (Å²) >= 11 is 0. The lowest BCUT2D eigenvalue weighted by Gasteiger charge is -2.34. The normalized spacial score (nSPS) is 15.6. The molecule has 0 saturated heterocycles. The van der Waals surface area contributed by atoms with Crippen molar-refractivity contribution in [1.29, 1.82) is 0 Å². The molecular formula is C18H22FN3O. The zero-order valence-electron chi connectivity index (χ0n) is 13.6. The maximum Gasteiger partial charge on any atom is 0.265 e. The predicted octanol–water partition coefficient (Wildman–Crippen LogP) is 3.85. The number of benzene rings is 1. The summed E-state index contributed by atoms with van der Waals surface area (Å²) in [5, 5.41) is 4.05. The highest BCUT2D eigenvalue weighted by Crippen LogP contribution is 2.29. The number of anilines is 1. The molecule has 0 unspecified atom stereocenters. The maximum absolute atomic E-state index is 14.4. The van der Waals surface area contributed by atoms with Gasteiger partial charge in [0.15, 0.2) is 0 Å². The Labute approximate surface area is 135 Å². The monoisotopic (exact) mass is 315 g/mol. The number of aromatic nitrogens is 2. The van der Waals surface area contributed by atoms with Gasteiger partial charge in [0.2, 0.25) is 5.95 Å². The van der Waals surface area contributed by atoms with Crippen LogP contribution in [0.5, 0.6) is 0 Å². The smallest absolute Gasteiger partial charge is 0.265 e. The Bertz CT molecular complexity index is 690. The van der Waals surface area contributed by atoms with Crippen molar-refractivity contribution in [2.24, 2.45) is 7.05 Å². The van der Waals surface area contributed by atoms with E-state index in [4.69, 9.17) is 0 Å². The largest absolute Gasteiger partial charge is 0.305 e. The molecule has 0 spiro atoms. The van der Waals surface area contributed by atoms with Crippen LogP contribution in [0.4, 0.5) is 10.1 Å². The number of aryl methyl sites for hydroxylation is 2. The van der Waals surface area contributed by atoms with Crippen LogP contribution in [0, 0.1) is 12.9 Å². The van der Waals surface area contributed by atoms with Crippen molar-refractivity contribution in [3.8, 4) is 0 Å². The average molecular weight is 315 g/mol. The second-order valence-corrected chi connectivity index (χ2v) is 6.18. The third-order valence-electron chi connectivity index (χ3n) is 4.56. The third-order valence-corrected chi connectivity index (χ3v) is 4.56. The zero-order valence-corrected chi connectivity index (χ0v) is 13.6. The number of nitrogens with zero attached hydrogens (tertiary/aromatic N) is 3. The van der Waals surface area contributed by atoms with Gasteiger partial charge in [0, 0.05) is 18.8 Å². The lowest BCUT2D eigenvalue weighted by molar-refractivity contribution is 0.0965. The SMILES string of the molecule is Cc1nn(C)c(F)c1C(=O)N(c1ccccc1)C1CCCCC1. The van der Waals surface area contributed by atoms with E-state index in [1.165, 1.54) is 13.5 Å². The summed E-state index contributed by atoms with van der Waals surface area (Å²) < 4.78 is 15.5. The van der Waals surface area contributed by atoms with Crippen LogP contribution < -0.4 is 4.90 Å². The van der Waals surface area contributed by atoms with E-state index < -0.39 is 5.95 Å². The van der Waals surface area contributed by atoms with Crippen molar-refractivity contribution in [3.05, 3.63) is 47.5 Å². The first-order valence-electron chi connectivity index (χ1n) is 8.17. The Kier molecular flexibility index (Phi) is 4.46. The predicted molar refractivity (Wildman–Crippen MR) is 88.0 cm³/mol. The van der Waals surface area contributed by atoms with E-state index >= 15 is 0 Å². The van der Waals surface area contributed by atoms with Crippen LogP contribution in [0.25, 0.3) is 0 Å². The van der Waals surface area contributed by atoms with Crippen LogP contribution in [0.15, 0.2) is 30.3 Å². The molecular weight excluding hydrogens is 293 g/mol. The molecule has 0 aliphatic heterocycles. The molecule has 23 heavy (non-hydrogen) atoms. The van der Waals surface area contributed by atoms with Crippen molar-refractivity contribution in [2.45, 2.75) is 45.1 Å². The number of amides is 1. The lowest BCUT2D eigenvalue weighted by Crippen LogP contribution is -2.42. The topological polar surface area (TPSA) is 38.1 Å².